The molecule has 0 aliphatic rings. The maximum atomic E-state index is 12.7. The van der Waals surface area contributed by atoms with E-state index >= 15 is 0 Å². The Morgan fingerprint density at radius 1 is 0.953 bits per heavy atom. The number of amides is 3. The second-order valence-corrected chi connectivity index (χ2v) is 8.84. The van der Waals surface area contributed by atoms with Gasteiger partial charge in [0.25, 0.3) is 5.91 Å². The molecule has 3 amide bonds. The van der Waals surface area contributed by atoms with Crippen molar-refractivity contribution in [3.63, 3.8) is 0 Å². The van der Waals surface area contributed by atoms with Crippen LogP contribution in [0.3, 0.4) is 0 Å². The number of anilines is 1. The first-order valence-corrected chi connectivity index (χ1v) is 14.9. The summed E-state index contributed by atoms with van der Waals surface area (Å²) in [5, 5.41) is 15.5. The lowest BCUT2D eigenvalue weighted by molar-refractivity contribution is -0.119. The van der Waals surface area contributed by atoms with Gasteiger partial charge in [-0.15, -0.1) is 0 Å². The lowest BCUT2D eigenvalue weighted by atomic mass is 9.99. The molecule has 242 valence electrons. The highest BCUT2D eigenvalue weighted by atomic mass is 16.6. The van der Waals surface area contributed by atoms with Crippen molar-refractivity contribution in [3.05, 3.63) is 90.6 Å². The summed E-state index contributed by atoms with van der Waals surface area (Å²) in [5.74, 6) is -1.12. The lowest BCUT2D eigenvalue weighted by Crippen LogP contribution is -2.41. The quantitative estimate of drug-likeness (QED) is 0.0981. The van der Waals surface area contributed by atoms with Gasteiger partial charge in [0.05, 0.1) is 0 Å². The van der Waals surface area contributed by atoms with Crippen molar-refractivity contribution >= 4 is 29.4 Å². The summed E-state index contributed by atoms with van der Waals surface area (Å²) >= 11 is 0. The van der Waals surface area contributed by atoms with E-state index in [1.807, 2.05) is 48.5 Å². The van der Waals surface area contributed by atoms with Crippen LogP contribution < -0.4 is 16.0 Å². The SMILES string of the molecule is C=C/C=C(\C(=C)C(=C)/C=C\C)C(=O)Nc1ccc(C(=N)NC(=O)CNC(=O)OC(C)(C)C)cc1.CC.CC.CC.CCC. The number of alkyl carbamates (subject to hydrolysis) is 1. The first-order chi connectivity index (χ1) is 20.3. The predicted octanol–water partition coefficient (Wildman–Crippen LogP) is 8.89. The molecule has 0 saturated carbocycles. The molecule has 1 rings (SSSR count). The molecular formula is C35H58N4O4. The van der Waals surface area contributed by atoms with Crippen LogP contribution in [0.25, 0.3) is 0 Å². The van der Waals surface area contributed by atoms with Gasteiger partial charge in [0.15, 0.2) is 0 Å². The van der Waals surface area contributed by atoms with Crippen LogP contribution in [-0.2, 0) is 14.3 Å². The highest BCUT2D eigenvalue weighted by Gasteiger charge is 2.17. The van der Waals surface area contributed by atoms with Crippen LogP contribution in [0, 0.1) is 5.41 Å². The van der Waals surface area contributed by atoms with Crippen LogP contribution in [0.15, 0.2) is 85.0 Å². The van der Waals surface area contributed by atoms with E-state index in [0.29, 0.717) is 28.0 Å². The molecule has 0 heterocycles. The summed E-state index contributed by atoms with van der Waals surface area (Å²) in [7, 11) is 0. The standard InChI is InChI=1S/C26H32N4O4.C3H8.3C2H6/c1-8-10-17(3)18(4)21(11-9-2)24(32)29-20-14-12-19(13-15-20)23(27)30-22(31)16-28-25(33)34-26(5,6)7;1-3-2;3*1-2/h8-15H,2-4,16H2,1,5-7H3,(H,28,33)(H,29,32)(H2,27,30,31);3H2,1-2H3;3*1-2H3/b10-8-,21-11+;;;;. The third-order valence-corrected chi connectivity index (χ3v) is 4.10. The molecule has 0 saturated heterocycles. The molecule has 0 spiro atoms. The largest absolute Gasteiger partial charge is 0.444 e. The van der Waals surface area contributed by atoms with Crippen molar-refractivity contribution in [2.24, 2.45) is 0 Å². The monoisotopic (exact) mass is 598 g/mol. The second kappa shape index (κ2) is 27.9. The Bertz CT molecular complexity index is 1060. The van der Waals surface area contributed by atoms with Gasteiger partial charge in [-0.2, -0.15) is 0 Å². The predicted molar refractivity (Wildman–Crippen MR) is 186 cm³/mol. The summed E-state index contributed by atoms with van der Waals surface area (Å²) in [4.78, 5) is 36.4. The zero-order valence-electron chi connectivity index (χ0n) is 28.8. The number of hydrogen-bond donors (Lipinski definition) is 4. The summed E-state index contributed by atoms with van der Waals surface area (Å²) in [6.07, 6.45) is 7.13. The van der Waals surface area contributed by atoms with Crippen molar-refractivity contribution in [1.82, 2.24) is 10.6 Å². The zero-order chi connectivity index (χ0) is 34.6. The van der Waals surface area contributed by atoms with Gasteiger partial charge in [-0.3, -0.25) is 15.0 Å². The minimum atomic E-state index is -0.726. The molecule has 0 fully saturated rings. The van der Waals surface area contributed by atoms with E-state index in [2.05, 4.69) is 49.5 Å². The van der Waals surface area contributed by atoms with Crippen LogP contribution in [0.1, 0.15) is 95.1 Å². The lowest BCUT2D eigenvalue weighted by Gasteiger charge is -2.19. The zero-order valence-corrected chi connectivity index (χ0v) is 28.8. The Morgan fingerprint density at radius 2 is 1.44 bits per heavy atom. The number of allylic oxidation sites excluding steroid dienone is 5. The minimum absolute atomic E-state index is 0.155. The van der Waals surface area contributed by atoms with Crippen LogP contribution >= 0.6 is 0 Å². The molecule has 0 aromatic heterocycles. The number of carbonyl (C=O) groups is 3. The normalized spacial score (nSPS) is 9.81. The summed E-state index contributed by atoms with van der Waals surface area (Å²) in [6, 6.07) is 6.35. The fourth-order valence-corrected chi connectivity index (χ4v) is 2.55. The Balaban J connectivity index is -0.000000761. The van der Waals surface area contributed by atoms with Gasteiger partial charge in [0.2, 0.25) is 5.91 Å². The van der Waals surface area contributed by atoms with Crippen LogP contribution in [0.2, 0.25) is 0 Å². The highest BCUT2D eigenvalue weighted by Crippen LogP contribution is 2.20. The average Bonchev–Trinajstić information content (AvgIpc) is 2.97. The molecule has 8 heteroatoms. The first-order valence-electron chi connectivity index (χ1n) is 14.9. The number of amidine groups is 1. The second-order valence-electron chi connectivity index (χ2n) is 8.84. The van der Waals surface area contributed by atoms with E-state index in [4.69, 9.17) is 10.1 Å². The number of nitrogens with one attached hydrogen (secondary N) is 4. The van der Waals surface area contributed by atoms with E-state index in [-0.39, 0.29) is 18.3 Å². The molecule has 0 aliphatic heterocycles. The molecule has 43 heavy (non-hydrogen) atoms. The van der Waals surface area contributed by atoms with E-state index in [1.54, 1.807) is 63.3 Å². The smallest absolute Gasteiger partial charge is 0.408 e. The summed E-state index contributed by atoms with van der Waals surface area (Å²) in [6.45, 7) is 34.4. The molecule has 0 aliphatic carbocycles. The van der Waals surface area contributed by atoms with Crippen LogP contribution in [0.5, 0.6) is 0 Å². The number of ether oxygens (including phenoxy) is 1. The van der Waals surface area contributed by atoms with Crippen molar-refractivity contribution < 1.29 is 19.1 Å². The van der Waals surface area contributed by atoms with Crippen molar-refractivity contribution in [2.75, 3.05) is 11.9 Å². The van der Waals surface area contributed by atoms with Gasteiger partial charge in [0, 0.05) is 16.8 Å². The van der Waals surface area contributed by atoms with Crippen molar-refractivity contribution in [1.29, 1.82) is 5.41 Å². The third-order valence-electron chi connectivity index (χ3n) is 4.10. The van der Waals surface area contributed by atoms with Gasteiger partial charge in [-0.05, 0) is 69.2 Å². The van der Waals surface area contributed by atoms with Crippen molar-refractivity contribution in [2.45, 2.75) is 95.1 Å². The Morgan fingerprint density at radius 3 is 1.86 bits per heavy atom. The summed E-state index contributed by atoms with van der Waals surface area (Å²) < 4.78 is 5.05. The maximum absolute atomic E-state index is 12.7. The summed E-state index contributed by atoms with van der Waals surface area (Å²) in [5.41, 5.74) is 1.61. The average molecular weight is 599 g/mol. The fourth-order valence-electron chi connectivity index (χ4n) is 2.55. The van der Waals surface area contributed by atoms with E-state index < -0.39 is 17.6 Å². The molecular weight excluding hydrogens is 540 g/mol. The molecule has 0 radical (unpaired) electrons. The van der Waals surface area contributed by atoms with Gasteiger partial charge < -0.3 is 20.7 Å². The highest BCUT2D eigenvalue weighted by molar-refractivity contribution is 6.09. The van der Waals surface area contributed by atoms with E-state index in [0.717, 1.165) is 0 Å². The number of carbonyl (C=O) groups excluding carboxylic acids is 3. The molecule has 0 unspecified atom stereocenters. The maximum Gasteiger partial charge on any atom is 0.408 e. The molecule has 1 aromatic rings. The molecule has 0 atom stereocenters. The topological polar surface area (TPSA) is 120 Å². The van der Waals surface area contributed by atoms with E-state index in [1.165, 1.54) is 12.5 Å². The van der Waals surface area contributed by atoms with Crippen LogP contribution in [0.4, 0.5) is 10.5 Å². The number of benzene rings is 1. The first kappa shape index (κ1) is 45.8. The number of hydrogen-bond acceptors (Lipinski definition) is 5. The Labute approximate surface area is 262 Å². The fraction of sp³-hybridized carbons (Fsp3) is 0.429. The Hall–Kier alpha value is -4.20. The minimum Gasteiger partial charge on any atom is -0.444 e. The van der Waals surface area contributed by atoms with Crippen molar-refractivity contribution in [3.8, 4) is 0 Å². The van der Waals surface area contributed by atoms with E-state index in [9.17, 15) is 14.4 Å². The Kier molecular flexibility index (Phi) is 29.8. The third kappa shape index (κ3) is 23.1. The molecule has 1 aromatic carbocycles. The number of rotatable bonds is 9. The van der Waals surface area contributed by atoms with Gasteiger partial charge >= 0.3 is 6.09 Å². The molecule has 4 N–H and O–H groups in total. The molecule has 8 nitrogen and oxygen atoms in total. The molecule has 0 bridgehead atoms. The van der Waals surface area contributed by atoms with Crippen LogP contribution in [-0.4, -0.2) is 35.9 Å². The van der Waals surface area contributed by atoms with Gasteiger partial charge in [-0.1, -0.05) is 99.8 Å². The van der Waals surface area contributed by atoms with Gasteiger partial charge in [0.1, 0.15) is 18.0 Å². The van der Waals surface area contributed by atoms with Gasteiger partial charge in [-0.25, -0.2) is 4.79 Å².